The van der Waals surface area contributed by atoms with Crippen molar-refractivity contribution >= 4 is 35.6 Å². The summed E-state index contributed by atoms with van der Waals surface area (Å²) in [4.78, 5) is 17.6. The number of nitrogen functional groups attached to an aromatic ring is 1. The molecule has 0 atom stereocenters. The molecule has 1 saturated heterocycles. The number of nitrogens with zero attached hydrogens (tertiary/aromatic N) is 2. The quantitative estimate of drug-likeness (QED) is 0.676. The SMILES string of the molecule is CCN(C(=O)c1cc(Cl)c(N)cc1OC)C1CCN(Cc2ccccc2)CC1.Cl. The molecule has 2 aromatic rings. The topological polar surface area (TPSA) is 58.8 Å². The zero-order chi connectivity index (χ0) is 20.1. The lowest BCUT2D eigenvalue weighted by Gasteiger charge is -2.38. The number of likely N-dealkylation sites (tertiary alicyclic amines) is 1. The van der Waals surface area contributed by atoms with Crippen LogP contribution in [0.5, 0.6) is 5.75 Å². The van der Waals surface area contributed by atoms with Gasteiger partial charge in [-0.15, -0.1) is 12.4 Å². The van der Waals surface area contributed by atoms with Crippen molar-refractivity contribution in [2.75, 3.05) is 32.5 Å². The molecule has 0 bridgehead atoms. The van der Waals surface area contributed by atoms with E-state index in [1.165, 1.54) is 12.7 Å². The van der Waals surface area contributed by atoms with Gasteiger partial charge in [-0.3, -0.25) is 9.69 Å². The van der Waals surface area contributed by atoms with Crippen molar-refractivity contribution in [2.24, 2.45) is 0 Å². The molecule has 1 amide bonds. The molecular weight excluding hydrogens is 409 g/mol. The van der Waals surface area contributed by atoms with Crippen molar-refractivity contribution in [3.8, 4) is 5.75 Å². The molecule has 0 radical (unpaired) electrons. The monoisotopic (exact) mass is 437 g/mol. The average molecular weight is 438 g/mol. The third-order valence-corrected chi connectivity index (χ3v) is 5.72. The fraction of sp³-hybridized carbons (Fsp3) is 0.409. The van der Waals surface area contributed by atoms with Crippen LogP contribution in [0.1, 0.15) is 35.7 Å². The number of benzene rings is 2. The highest BCUT2D eigenvalue weighted by Crippen LogP contribution is 2.31. The van der Waals surface area contributed by atoms with E-state index in [1.807, 2.05) is 17.9 Å². The van der Waals surface area contributed by atoms with E-state index in [0.717, 1.165) is 32.5 Å². The minimum Gasteiger partial charge on any atom is -0.496 e. The number of halogens is 2. The van der Waals surface area contributed by atoms with Crippen LogP contribution < -0.4 is 10.5 Å². The zero-order valence-corrected chi connectivity index (χ0v) is 18.5. The summed E-state index contributed by atoms with van der Waals surface area (Å²) in [7, 11) is 1.54. The summed E-state index contributed by atoms with van der Waals surface area (Å²) < 4.78 is 5.37. The third kappa shape index (κ3) is 5.56. The molecule has 1 fully saturated rings. The van der Waals surface area contributed by atoms with Crippen LogP contribution in [0.4, 0.5) is 5.69 Å². The Morgan fingerprint density at radius 1 is 1.24 bits per heavy atom. The minimum absolute atomic E-state index is 0. The molecule has 0 unspecified atom stereocenters. The standard InChI is InChI=1S/C22H28ClN3O2.ClH/c1-3-26(22(27)18-13-19(23)20(24)14-21(18)28-2)17-9-11-25(12-10-17)15-16-7-5-4-6-8-16;/h4-8,13-14,17H,3,9-12,15,24H2,1-2H3;1H. The van der Waals surface area contributed by atoms with Crippen LogP contribution in [-0.2, 0) is 6.54 Å². The lowest BCUT2D eigenvalue weighted by Crippen LogP contribution is -2.47. The third-order valence-electron chi connectivity index (χ3n) is 5.40. The van der Waals surface area contributed by atoms with E-state index >= 15 is 0 Å². The summed E-state index contributed by atoms with van der Waals surface area (Å²) in [5.74, 6) is 0.412. The van der Waals surface area contributed by atoms with Crippen molar-refractivity contribution in [1.82, 2.24) is 9.80 Å². The Bertz CT molecular complexity index is 809. The second kappa shape index (κ2) is 10.7. The number of hydrogen-bond donors (Lipinski definition) is 1. The number of carbonyl (C=O) groups is 1. The average Bonchev–Trinajstić information content (AvgIpc) is 2.72. The number of methoxy groups -OCH3 is 1. The first-order valence-electron chi connectivity index (χ1n) is 9.73. The molecule has 0 aromatic heterocycles. The molecule has 0 saturated carbocycles. The molecule has 0 spiro atoms. The molecule has 3 rings (SSSR count). The lowest BCUT2D eigenvalue weighted by atomic mass is 10.0. The summed E-state index contributed by atoms with van der Waals surface area (Å²) in [5.41, 5.74) is 8.05. The number of ether oxygens (including phenoxy) is 1. The molecule has 158 valence electrons. The van der Waals surface area contributed by atoms with Crippen molar-refractivity contribution in [2.45, 2.75) is 32.4 Å². The van der Waals surface area contributed by atoms with Crippen molar-refractivity contribution in [3.05, 3.63) is 58.6 Å². The highest BCUT2D eigenvalue weighted by atomic mass is 35.5. The van der Waals surface area contributed by atoms with Gasteiger partial charge in [0.2, 0.25) is 0 Å². The molecule has 5 nitrogen and oxygen atoms in total. The molecule has 2 aromatic carbocycles. The highest BCUT2D eigenvalue weighted by Gasteiger charge is 2.29. The number of carbonyl (C=O) groups excluding carboxylic acids is 1. The molecule has 1 aliphatic rings. The van der Waals surface area contributed by atoms with Gasteiger partial charge in [0.05, 0.1) is 23.4 Å². The Balaban J connectivity index is 0.00000300. The van der Waals surface area contributed by atoms with Gasteiger partial charge in [-0.1, -0.05) is 41.9 Å². The Morgan fingerprint density at radius 2 is 1.90 bits per heavy atom. The fourth-order valence-corrected chi connectivity index (χ4v) is 4.02. The number of piperidine rings is 1. The first-order valence-corrected chi connectivity index (χ1v) is 10.1. The van der Waals surface area contributed by atoms with E-state index in [9.17, 15) is 4.79 Å². The maximum Gasteiger partial charge on any atom is 0.257 e. The zero-order valence-electron chi connectivity index (χ0n) is 16.9. The summed E-state index contributed by atoms with van der Waals surface area (Å²) in [6, 6.07) is 14.0. The van der Waals surface area contributed by atoms with E-state index in [2.05, 4.69) is 29.2 Å². The molecule has 2 N–H and O–H groups in total. The van der Waals surface area contributed by atoms with Gasteiger partial charge >= 0.3 is 0 Å². The van der Waals surface area contributed by atoms with Gasteiger partial charge in [-0.2, -0.15) is 0 Å². The molecule has 1 heterocycles. The smallest absolute Gasteiger partial charge is 0.257 e. The van der Waals surface area contributed by atoms with E-state index in [4.69, 9.17) is 22.1 Å². The molecular formula is C22H29Cl2N3O2. The Kier molecular flexibility index (Phi) is 8.62. The van der Waals surface area contributed by atoms with Gasteiger partial charge in [-0.05, 0) is 31.4 Å². The Morgan fingerprint density at radius 3 is 2.48 bits per heavy atom. The predicted molar refractivity (Wildman–Crippen MR) is 121 cm³/mol. The summed E-state index contributed by atoms with van der Waals surface area (Å²) >= 11 is 6.16. The highest BCUT2D eigenvalue weighted by molar-refractivity contribution is 6.33. The Labute approximate surface area is 184 Å². The molecule has 7 heteroatoms. The summed E-state index contributed by atoms with van der Waals surface area (Å²) in [5, 5.41) is 0.373. The number of amides is 1. The fourth-order valence-electron chi connectivity index (χ4n) is 3.86. The normalized spacial score (nSPS) is 14.9. The first kappa shape index (κ1) is 23.3. The number of rotatable bonds is 6. The van der Waals surface area contributed by atoms with Crippen molar-refractivity contribution < 1.29 is 9.53 Å². The maximum atomic E-state index is 13.2. The van der Waals surface area contributed by atoms with Gasteiger partial charge in [0.15, 0.2) is 0 Å². The summed E-state index contributed by atoms with van der Waals surface area (Å²) in [6.45, 7) is 5.56. The minimum atomic E-state index is -0.0530. The van der Waals surface area contributed by atoms with E-state index < -0.39 is 0 Å². The van der Waals surface area contributed by atoms with Crippen LogP contribution in [-0.4, -0.2) is 48.5 Å². The van der Waals surface area contributed by atoms with E-state index in [0.29, 0.717) is 28.6 Å². The van der Waals surface area contributed by atoms with Gasteiger partial charge in [0.25, 0.3) is 5.91 Å². The van der Waals surface area contributed by atoms with Crippen LogP contribution in [0, 0.1) is 0 Å². The number of anilines is 1. The van der Waals surface area contributed by atoms with Crippen molar-refractivity contribution in [3.63, 3.8) is 0 Å². The van der Waals surface area contributed by atoms with E-state index in [1.54, 1.807) is 12.1 Å². The second-order valence-electron chi connectivity index (χ2n) is 7.16. The molecule has 29 heavy (non-hydrogen) atoms. The predicted octanol–water partition coefficient (Wildman–Crippen LogP) is 4.48. The number of hydrogen-bond acceptors (Lipinski definition) is 4. The van der Waals surface area contributed by atoms with Crippen LogP contribution in [0.2, 0.25) is 5.02 Å². The van der Waals surface area contributed by atoms with Crippen LogP contribution in [0.25, 0.3) is 0 Å². The maximum absolute atomic E-state index is 13.2. The largest absolute Gasteiger partial charge is 0.496 e. The van der Waals surface area contributed by atoms with Gasteiger partial charge in [0.1, 0.15) is 5.75 Å². The van der Waals surface area contributed by atoms with Gasteiger partial charge < -0.3 is 15.4 Å². The van der Waals surface area contributed by atoms with Crippen molar-refractivity contribution in [1.29, 1.82) is 0 Å². The van der Waals surface area contributed by atoms with Gasteiger partial charge in [-0.25, -0.2) is 0 Å². The molecule has 1 aliphatic heterocycles. The summed E-state index contributed by atoms with van der Waals surface area (Å²) in [6.07, 6.45) is 1.91. The lowest BCUT2D eigenvalue weighted by molar-refractivity contribution is 0.0578. The molecule has 0 aliphatic carbocycles. The first-order chi connectivity index (χ1) is 13.5. The van der Waals surface area contributed by atoms with E-state index in [-0.39, 0.29) is 24.4 Å². The number of nitrogens with two attached hydrogens (primary N) is 1. The van der Waals surface area contributed by atoms with Gasteiger partial charge in [0, 0.05) is 38.3 Å². The second-order valence-corrected chi connectivity index (χ2v) is 7.57. The van der Waals surface area contributed by atoms with Crippen LogP contribution in [0.3, 0.4) is 0 Å². The van der Waals surface area contributed by atoms with Crippen LogP contribution in [0.15, 0.2) is 42.5 Å². The Hall–Kier alpha value is -1.95. The van der Waals surface area contributed by atoms with Crippen LogP contribution >= 0.6 is 24.0 Å².